The maximum atomic E-state index is 11.7. The van der Waals surface area contributed by atoms with Gasteiger partial charge in [-0.2, -0.15) is 0 Å². The van der Waals surface area contributed by atoms with Crippen molar-refractivity contribution in [1.82, 2.24) is 9.88 Å². The Hall–Kier alpha value is -3.52. The highest BCUT2D eigenvalue weighted by Crippen LogP contribution is 2.23. The monoisotopic (exact) mass is 468 g/mol. The molecule has 1 fully saturated rings. The number of carbonyl (C=O) groups is 3. The zero-order chi connectivity index (χ0) is 24.9. The first-order chi connectivity index (χ1) is 16.3. The highest BCUT2D eigenvalue weighted by molar-refractivity contribution is 6.27. The van der Waals surface area contributed by atoms with E-state index in [2.05, 4.69) is 48.2 Å². The van der Waals surface area contributed by atoms with Gasteiger partial charge in [0.1, 0.15) is 0 Å². The molecule has 0 spiro atoms. The number of aromatic nitrogens is 1. The van der Waals surface area contributed by atoms with Crippen LogP contribution in [-0.2, 0) is 25.5 Å². The molecule has 0 aliphatic carbocycles. The second-order valence-electron chi connectivity index (χ2n) is 7.92. The SMILES string of the molecule is CCOC(=O)CCc1cccc(/C(=C/CN2CCCC2)c2ccc(C)cc2)n1.O=C(O)C(=O)O. The molecule has 8 nitrogen and oxygen atoms in total. The summed E-state index contributed by atoms with van der Waals surface area (Å²) in [6, 6.07) is 14.7. The van der Waals surface area contributed by atoms with Crippen molar-refractivity contribution in [2.45, 2.75) is 39.5 Å². The molecule has 1 aromatic heterocycles. The van der Waals surface area contributed by atoms with Crippen LogP contribution >= 0.6 is 0 Å². The van der Waals surface area contributed by atoms with Crippen LogP contribution < -0.4 is 0 Å². The number of pyridine rings is 1. The van der Waals surface area contributed by atoms with Gasteiger partial charge < -0.3 is 14.9 Å². The van der Waals surface area contributed by atoms with Crippen molar-refractivity contribution in [3.05, 3.63) is 71.1 Å². The van der Waals surface area contributed by atoms with Crippen LogP contribution in [0.5, 0.6) is 0 Å². The maximum Gasteiger partial charge on any atom is 0.414 e. The number of carboxylic acid groups (broad SMARTS) is 2. The zero-order valence-corrected chi connectivity index (χ0v) is 19.7. The number of likely N-dealkylation sites (tertiary alicyclic amines) is 1. The van der Waals surface area contributed by atoms with Crippen LogP contribution in [0.2, 0.25) is 0 Å². The molecule has 1 aliphatic heterocycles. The van der Waals surface area contributed by atoms with Crippen LogP contribution in [0.3, 0.4) is 0 Å². The predicted octanol–water partition coefficient (Wildman–Crippen LogP) is 3.57. The van der Waals surface area contributed by atoms with Crippen molar-refractivity contribution in [3.8, 4) is 0 Å². The van der Waals surface area contributed by atoms with Crippen LogP contribution in [0.1, 0.15) is 48.7 Å². The highest BCUT2D eigenvalue weighted by atomic mass is 16.5. The molecule has 1 aromatic carbocycles. The van der Waals surface area contributed by atoms with Gasteiger partial charge in [0.25, 0.3) is 0 Å². The smallest absolute Gasteiger partial charge is 0.414 e. The first-order valence-corrected chi connectivity index (χ1v) is 11.4. The van der Waals surface area contributed by atoms with Crippen LogP contribution in [0.4, 0.5) is 0 Å². The van der Waals surface area contributed by atoms with Crippen molar-refractivity contribution < 1.29 is 29.3 Å². The number of nitrogens with zero attached hydrogens (tertiary/aromatic N) is 2. The van der Waals surface area contributed by atoms with Gasteiger partial charge in [-0.15, -0.1) is 0 Å². The zero-order valence-electron chi connectivity index (χ0n) is 19.7. The van der Waals surface area contributed by atoms with E-state index in [1.54, 1.807) is 0 Å². The molecular formula is C26H32N2O6. The van der Waals surface area contributed by atoms with E-state index in [1.807, 2.05) is 19.1 Å². The van der Waals surface area contributed by atoms with Gasteiger partial charge in [-0.05, 0) is 57.5 Å². The molecule has 2 aromatic rings. The molecule has 0 amide bonds. The highest BCUT2D eigenvalue weighted by Gasteiger charge is 2.13. The molecule has 0 saturated carbocycles. The average molecular weight is 469 g/mol. The Morgan fingerprint density at radius 3 is 2.26 bits per heavy atom. The van der Waals surface area contributed by atoms with Gasteiger partial charge in [-0.1, -0.05) is 42.0 Å². The van der Waals surface area contributed by atoms with Crippen molar-refractivity contribution >= 4 is 23.5 Å². The number of hydrogen-bond acceptors (Lipinski definition) is 6. The van der Waals surface area contributed by atoms with Crippen molar-refractivity contribution in [3.63, 3.8) is 0 Å². The molecule has 182 valence electrons. The Labute approximate surface area is 199 Å². The third-order valence-electron chi connectivity index (χ3n) is 5.27. The topological polar surface area (TPSA) is 117 Å². The molecule has 8 heteroatoms. The molecule has 2 heterocycles. The number of hydrogen-bond donors (Lipinski definition) is 2. The summed E-state index contributed by atoms with van der Waals surface area (Å²) in [5.74, 6) is -3.82. The Kier molecular flexibility index (Phi) is 10.9. The average Bonchev–Trinajstić information content (AvgIpc) is 3.33. The van der Waals surface area contributed by atoms with E-state index in [0.29, 0.717) is 19.4 Å². The summed E-state index contributed by atoms with van der Waals surface area (Å²) >= 11 is 0. The number of carboxylic acids is 2. The summed E-state index contributed by atoms with van der Waals surface area (Å²) in [5, 5.41) is 14.8. The van der Waals surface area contributed by atoms with E-state index >= 15 is 0 Å². The van der Waals surface area contributed by atoms with E-state index in [4.69, 9.17) is 29.5 Å². The van der Waals surface area contributed by atoms with E-state index in [9.17, 15) is 4.79 Å². The number of ether oxygens (including phenoxy) is 1. The number of aryl methyl sites for hydroxylation is 2. The van der Waals surface area contributed by atoms with Gasteiger partial charge in [0.15, 0.2) is 0 Å². The Bertz CT molecular complexity index is 983. The lowest BCUT2D eigenvalue weighted by atomic mass is 10.00. The van der Waals surface area contributed by atoms with E-state index in [-0.39, 0.29) is 5.97 Å². The fraction of sp³-hybridized carbons (Fsp3) is 0.385. The minimum Gasteiger partial charge on any atom is -0.473 e. The molecule has 0 bridgehead atoms. The molecule has 0 radical (unpaired) electrons. The van der Waals surface area contributed by atoms with Gasteiger partial charge >= 0.3 is 17.9 Å². The quantitative estimate of drug-likeness (QED) is 0.446. The minimum atomic E-state index is -1.82. The Balaban J connectivity index is 0.000000604. The minimum absolute atomic E-state index is 0.168. The van der Waals surface area contributed by atoms with Gasteiger partial charge in [-0.3, -0.25) is 14.7 Å². The van der Waals surface area contributed by atoms with Crippen molar-refractivity contribution in [2.24, 2.45) is 0 Å². The lowest BCUT2D eigenvalue weighted by molar-refractivity contribution is -0.159. The summed E-state index contributed by atoms with van der Waals surface area (Å²) in [6.07, 6.45) is 5.83. The van der Waals surface area contributed by atoms with Gasteiger partial charge in [0.2, 0.25) is 0 Å². The lowest BCUT2D eigenvalue weighted by Crippen LogP contribution is -2.19. The summed E-state index contributed by atoms with van der Waals surface area (Å²) in [7, 11) is 0. The second-order valence-corrected chi connectivity index (χ2v) is 7.92. The molecule has 2 N–H and O–H groups in total. The van der Waals surface area contributed by atoms with E-state index in [0.717, 1.165) is 23.5 Å². The van der Waals surface area contributed by atoms with Crippen molar-refractivity contribution in [1.29, 1.82) is 0 Å². The second kappa shape index (κ2) is 13.9. The first kappa shape index (κ1) is 26.7. The third-order valence-corrected chi connectivity index (χ3v) is 5.27. The molecule has 1 aliphatic rings. The maximum absolute atomic E-state index is 11.7. The molecule has 3 rings (SSSR count). The van der Waals surface area contributed by atoms with Gasteiger partial charge in [0.05, 0.1) is 18.7 Å². The Morgan fingerprint density at radius 1 is 1.03 bits per heavy atom. The predicted molar refractivity (Wildman–Crippen MR) is 128 cm³/mol. The summed E-state index contributed by atoms with van der Waals surface area (Å²) < 4.78 is 5.03. The van der Waals surface area contributed by atoms with Gasteiger partial charge in [0, 0.05) is 24.2 Å². The largest absolute Gasteiger partial charge is 0.473 e. The molecule has 1 saturated heterocycles. The van der Waals surface area contributed by atoms with Crippen LogP contribution in [-0.4, -0.2) is 64.2 Å². The number of carbonyl (C=O) groups excluding carboxylic acids is 1. The summed E-state index contributed by atoms with van der Waals surface area (Å²) in [4.78, 5) is 37.2. The first-order valence-electron chi connectivity index (χ1n) is 11.4. The van der Waals surface area contributed by atoms with E-state index in [1.165, 1.54) is 37.1 Å². The number of esters is 1. The van der Waals surface area contributed by atoms with Crippen LogP contribution in [0.15, 0.2) is 48.5 Å². The standard InChI is InChI=1S/C24H30N2O2.C2H2O4/c1-3-28-24(27)14-13-21-7-6-8-23(25-21)22(15-18-26-16-4-5-17-26)20-11-9-19(2)10-12-20;3-1(4)2(5)6/h6-12,15H,3-5,13-14,16-18H2,1-2H3;(H,3,4)(H,5,6)/b22-15+;. The normalized spacial score (nSPS) is 13.6. The molecular weight excluding hydrogens is 436 g/mol. The number of rotatable bonds is 8. The van der Waals surface area contributed by atoms with Gasteiger partial charge in [-0.25, -0.2) is 9.59 Å². The van der Waals surface area contributed by atoms with Crippen molar-refractivity contribution in [2.75, 3.05) is 26.2 Å². The summed E-state index contributed by atoms with van der Waals surface area (Å²) in [6.45, 7) is 7.64. The molecule has 0 unspecified atom stereocenters. The molecule has 34 heavy (non-hydrogen) atoms. The third kappa shape index (κ3) is 9.15. The summed E-state index contributed by atoms with van der Waals surface area (Å²) in [5.41, 5.74) is 5.47. The number of benzene rings is 1. The fourth-order valence-electron chi connectivity index (χ4n) is 3.52. The number of aliphatic carboxylic acids is 2. The van der Waals surface area contributed by atoms with E-state index < -0.39 is 11.9 Å². The lowest BCUT2D eigenvalue weighted by Gasteiger charge is -2.15. The Morgan fingerprint density at radius 2 is 1.68 bits per heavy atom. The molecule has 0 atom stereocenters. The fourth-order valence-corrected chi connectivity index (χ4v) is 3.52. The van der Waals surface area contributed by atoms with Crippen LogP contribution in [0, 0.1) is 6.92 Å². The van der Waals surface area contributed by atoms with Crippen LogP contribution in [0.25, 0.3) is 5.57 Å².